The summed E-state index contributed by atoms with van der Waals surface area (Å²) in [6.07, 6.45) is 2.15. The van der Waals surface area contributed by atoms with Crippen LogP contribution in [0.4, 0.5) is 0 Å². The summed E-state index contributed by atoms with van der Waals surface area (Å²) in [6.45, 7) is -0.120. The minimum Gasteiger partial charge on any atom is -0.361 e. The van der Waals surface area contributed by atoms with E-state index < -0.39 is 11.9 Å². The molecule has 1 atom stereocenters. The van der Waals surface area contributed by atoms with E-state index >= 15 is 0 Å². The molecular weight excluding hydrogens is 376 g/mol. The fourth-order valence-electron chi connectivity index (χ4n) is 2.81. The molecule has 3 amide bonds. The molecule has 0 fully saturated rings. The highest BCUT2D eigenvalue weighted by Crippen LogP contribution is 2.19. The SMILES string of the molecule is CN(C)C(=O)CNC(=O)[C@H](Cc1c[nH]c2ccccc12)NC(=O)c1cccs1. The quantitative estimate of drug-likeness (QED) is 0.566. The zero-order valence-corrected chi connectivity index (χ0v) is 16.5. The van der Waals surface area contributed by atoms with Gasteiger partial charge in [0.25, 0.3) is 5.91 Å². The number of para-hydroxylation sites is 1. The van der Waals surface area contributed by atoms with Gasteiger partial charge in [-0.2, -0.15) is 0 Å². The number of H-pyrrole nitrogens is 1. The van der Waals surface area contributed by atoms with Crippen molar-refractivity contribution in [3.05, 3.63) is 58.4 Å². The second-order valence-corrected chi connectivity index (χ2v) is 7.52. The third-order valence-corrected chi connectivity index (χ3v) is 5.25. The number of hydrogen-bond acceptors (Lipinski definition) is 4. The Morgan fingerprint density at radius 3 is 2.64 bits per heavy atom. The topological polar surface area (TPSA) is 94.3 Å². The van der Waals surface area contributed by atoms with E-state index in [0.29, 0.717) is 11.3 Å². The van der Waals surface area contributed by atoms with Crippen molar-refractivity contribution in [1.29, 1.82) is 0 Å². The largest absolute Gasteiger partial charge is 0.361 e. The number of nitrogens with zero attached hydrogens (tertiary/aromatic N) is 1. The molecule has 0 saturated heterocycles. The number of amides is 3. The first kappa shape index (κ1) is 19.6. The number of rotatable bonds is 7. The summed E-state index contributed by atoms with van der Waals surface area (Å²) in [5.74, 6) is -0.928. The fraction of sp³-hybridized carbons (Fsp3) is 0.250. The molecule has 0 saturated carbocycles. The Bertz CT molecular complexity index is 978. The summed E-state index contributed by atoms with van der Waals surface area (Å²) in [4.78, 5) is 42.1. The van der Waals surface area contributed by atoms with Crippen molar-refractivity contribution < 1.29 is 14.4 Å². The summed E-state index contributed by atoms with van der Waals surface area (Å²) < 4.78 is 0. The highest BCUT2D eigenvalue weighted by atomic mass is 32.1. The van der Waals surface area contributed by atoms with E-state index in [9.17, 15) is 14.4 Å². The summed E-state index contributed by atoms with van der Waals surface area (Å²) in [5.41, 5.74) is 1.88. The zero-order chi connectivity index (χ0) is 20.1. The van der Waals surface area contributed by atoms with Crippen LogP contribution in [0.3, 0.4) is 0 Å². The van der Waals surface area contributed by atoms with Crippen molar-refractivity contribution in [2.24, 2.45) is 0 Å². The Balaban J connectivity index is 1.78. The van der Waals surface area contributed by atoms with Gasteiger partial charge in [0.1, 0.15) is 6.04 Å². The van der Waals surface area contributed by atoms with Gasteiger partial charge in [0.05, 0.1) is 11.4 Å². The number of aromatic amines is 1. The van der Waals surface area contributed by atoms with Crippen LogP contribution in [-0.2, 0) is 16.0 Å². The van der Waals surface area contributed by atoms with Crippen LogP contribution in [-0.4, -0.2) is 54.3 Å². The first-order chi connectivity index (χ1) is 13.5. The maximum absolute atomic E-state index is 12.7. The van der Waals surface area contributed by atoms with Crippen LogP contribution < -0.4 is 10.6 Å². The van der Waals surface area contributed by atoms with Crippen molar-refractivity contribution >= 4 is 40.0 Å². The maximum Gasteiger partial charge on any atom is 0.262 e. The molecule has 0 aliphatic heterocycles. The molecule has 0 radical (unpaired) electrons. The Hall–Kier alpha value is -3.13. The number of fused-ring (bicyclic) bond motifs is 1. The van der Waals surface area contributed by atoms with Crippen molar-refractivity contribution in [2.45, 2.75) is 12.5 Å². The Labute approximate surface area is 166 Å². The number of likely N-dealkylation sites (N-methyl/N-ethyl adjacent to an activating group) is 1. The molecular formula is C20H22N4O3S. The van der Waals surface area contributed by atoms with E-state index in [1.54, 1.807) is 31.6 Å². The molecule has 7 nitrogen and oxygen atoms in total. The highest BCUT2D eigenvalue weighted by Gasteiger charge is 2.24. The normalized spacial score (nSPS) is 11.8. The molecule has 146 valence electrons. The van der Waals surface area contributed by atoms with Gasteiger partial charge in [-0.15, -0.1) is 11.3 Å². The van der Waals surface area contributed by atoms with E-state index in [-0.39, 0.29) is 18.4 Å². The standard InChI is InChI=1S/C20H22N4O3S/c1-24(2)18(25)12-22-19(26)16(23-20(27)17-8-5-9-28-17)10-13-11-21-15-7-4-3-6-14(13)15/h3-9,11,16,21H,10,12H2,1-2H3,(H,22,26)(H,23,27)/t16-/m0/s1. The van der Waals surface area contributed by atoms with Gasteiger partial charge >= 0.3 is 0 Å². The third-order valence-electron chi connectivity index (χ3n) is 4.38. The van der Waals surface area contributed by atoms with Crippen LogP contribution >= 0.6 is 11.3 Å². The molecule has 3 N–H and O–H groups in total. The van der Waals surface area contributed by atoms with Gasteiger partial charge in [0.2, 0.25) is 11.8 Å². The number of carbonyl (C=O) groups is 3. The van der Waals surface area contributed by atoms with E-state index in [4.69, 9.17) is 0 Å². The summed E-state index contributed by atoms with van der Waals surface area (Å²) >= 11 is 1.31. The van der Waals surface area contributed by atoms with Gasteiger partial charge in [-0.25, -0.2) is 0 Å². The average molecular weight is 398 g/mol. The number of benzene rings is 1. The van der Waals surface area contributed by atoms with Crippen LogP contribution in [0.15, 0.2) is 48.0 Å². The van der Waals surface area contributed by atoms with Crippen LogP contribution in [0, 0.1) is 0 Å². The van der Waals surface area contributed by atoms with Crippen LogP contribution in [0.25, 0.3) is 10.9 Å². The summed E-state index contributed by atoms with van der Waals surface area (Å²) in [7, 11) is 3.24. The fourth-order valence-corrected chi connectivity index (χ4v) is 3.44. The van der Waals surface area contributed by atoms with Gasteiger partial charge < -0.3 is 20.5 Å². The molecule has 0 spiro atoms. The first-order valence-electron chi connectivity index (χ1n) is 8.83. The molecule has 0 unspecified atom stereocenters. The Kier molecular flexibility index (Phi) is 6.10. The molecule has 0 aliphatic rings. The number of carbonyl (C=O) groups excluding carboxylic acids is 3. The Morgan fingerprint density at radius 2 is 1.93 bits per heavy atom. The predicted octanol–water partition coefficient (Wildman–Crippen LogP) is 1.77. The lowest BCUT2D eigenvalue weighted by Gasteiger charge is -2.19. The van der Waals surface area contributed by atoms with Crippen LogP contribution in [0.1, 0.15) is 15.2 Å². The highest BCUT2D eigenvalue weighted by molar-refractivity contribution is 7.12. The first-order valence-corrected chi connectivity index (χ1v) is 9.71. The number of nitrogens with one attached hydrogen (secondary N) is 3. The van der Waals surface area contributed by atoms with Gasteiger partial charge in [-0.3, -0.25) is 14.4 Å². The van der Waals surface area contributed by atoms with Crippen LogP contribution in [0.2, 0.25) is 0 Å². The second-order valence-electron chi connectivity index (χ2n) is 6.57. The number of hydrogen-bond donors (Lipinski definition) is 3. The molecule has 2 heterocycles. The number of thiophene rings is 1. The van der Waals surface area contributed by atoms with Crippen LogP contribution in [0.5, 0.6) is 0 Å². The molecule has 8 heteroatoms. The molecule has 28 heavy (non-hydrogen) atoms. The van der Waals surface area contributed by atoms with Gasteiger partial charge in [-0.05, 0) is 23.1 Å². The van der Waals surface area contributed by atoms with E-state index in [1.807, 2.05) is 30.5 Å². The van der Waals surface area contributed by atoms with E-state index in [0.717, 1.165) is 16.5 Å². The van der Waals surface area contributed by atoms with Gasteiger partial charge in [0, 0.05) is 37.6 Å². The molecule has 0 bridgehead atoms. The van der Waals surface area contributed by atoms with Crippen molar-refractivity contribution in [1.82, 2.24) is 20.5 Å². The minimum absolute atomic E-state index is 0.120. The van der Waals surface area contributed by atoms with Gasteiger partial charge in [-0.1, -0.05) is 24.3 Å². The van der Waals surface area contributed by atoms with E-state index in [1.165, 1.54) is 16.2 Å². The molecule has 3 aromatic rings. The molecule has 0 aliphatic carbocycles. The van der Waals surface area contributed by atoms with Crippen molar-refractivity contribution in [3.8, 4) is 0 Å². The van der Waals surface area contributed by atoms with Gasteiger partial charge in [0.15, 0.2) is 0 Å². The zero-order valence-electron chi connectivity index (χ0n) is 15.7. The van der Waals surface area contributed by atoms with E-state index in [2.05, 4.69) is 15.6 Å². The summed E-state index contributed by atoms with van der Waals surface area (Å²) in [6, 6.07) is 10.5. The summed E-state index contributed by atoms with van der Waals surface area (Å²) in [5, 5.41) is 8.22. The maximum atomic E-state index is 12.7. The lowest BCUT2D eigenvalue weighted by atomic mass is 10.0. The number of aromatic nitrogens is 1. The second kappa shape index (κ2) is 8.71. The van der Waals surface area contributed by atoms with Crippen molar-refractivity contribution in [3.63, 3.8) is 0 Å². The average Bonchev–Trinajstić information content (AvgIpc) is 3.35. The lowest BCUT2D eigenvalue weighted by Crippen LogP contribution is -2.49. The third kappa shape index (κ3) is 4.58. The molecule has 2 aromatic heterocycles. The monoisotopic (exact) mass is 398 g/mol. The predicted molar refractivity (Wildman–Crippen MR) is 109 cm³/mol. The lowest BCUT2D eigenvalue weighted by molar-refractivity contribution is -0.131. The van der Waals surface area contributed by atoms with Crippen molar-refractivity contribution in [2.75, 3.05) is 20.6 Å². The molecule has 3 rings (SSSR count). The Morgan fingerprint density at radius 1 is 1.14 bits per heavy atom. The smallest absolute Gasteiger partial charge is 0.262 e. The minimum atomic E-state index is -0.802. The molecule has 1 aromatic carbocycles.